The van der Waals surface area contributed by atoms with Gasteiger partial charge in [-0.3, -0.25) is 9.36 Å². The van der Waals surface area contributed by atoms with Gasteiger partial charge in [-0.15, -0.1) is 0 Å². The highest BCUT2D eigenvalue weighted by atomic mass is 19.3. The first-order chi connectivity index (χ1) is 11.2. The van der Waals surface area contributed by atoms with E-state index in [1.165, 1.54) is 19.3 Å². The molecule has 1 saturated carbocycles. The Morgan fingerprint density at radius 2 is 2.04 bits per heavy atom. The first kappa shape index (κ1) is 17.0. The van der Waals surface area contributed by atoms with Crippen molar-refractivity contribution in [1.29, 1.82) is 0 Å². The topological polar surface area (TPSA) is 72.7 Å². The van der Waals surface area contributed by atoms with Crippen LogP contribution in [0, 0.1) is 0 Å². The van der Waals surface area contributed by atoms with Crippen LogP contribution in [-0.2, 0) is 0 Å². The Balaban J connectivity index is 0.000000671. The van der Waals surface area contributed by atoms with Gasteiger partial charge in [0.1, 0.15) is 12.0 Å². The number of carbonyl (C=O) groups excluding carboxylic acids is 1. The highest BCUT2D eigenvalue weighted by Crippen LogP contribution is 2.17. The third kappa shape index (κ3) is 5.08. The number of amides is 1. The lowest BCUT2D eigenvalue weighted by Gasteiger charge is -2.22. The predicted molar refractivity (Wildman–Crippen MR) is 82.7 cm³/mol. The van der Waals surface area contributed by atoms with Crippen LogP contribution in [0.1, 0.15) is 44.0 Å². The lowest BCUT2D eigenvalue weighted by molar-refractivity contribution is 0.0922. The highest BCUT2D eigenvalue weighted by molar-refractivity contribution is 5.92. The Morgan fingerprint density at radius 1 is 1.30 bits per heavy atom. The van der Waals surface area contributed by atoms with Crippen molar-refractivity contribution >= 4 is 5.91 Å². The van der Waals surface area contributed by atoms with Crippen LogP contribution in [0.25, 0.3) is 5.95 Å². The van der Waals surface area contributed by atoms with E-state index in [1.807, 2.05) is 0 Å². The molecule has 3 rings (SSSR count). The van der Waals surface area contributed by atoms with Gasteiger partial charge in [0.05, 0.1) is 0 Å². The molecular formula is C15H21F2N5O. The lowest BCUT2D eigenvalue weighted by Crippen LogP contribution is -2.36. The fourth-order valence-corrected chi connectivity index (χ4v) is 2.48. The van der Waals surface area contributed by atoms with Crippen molar-refractivity contribution in [3.05, 3.63) is 36.7 Å². The second kappa shape index (κ2) is 8.92. The van der Waals surface area contributed by atoms with E-state index < -0.39 is 6.93 Å². The summed E-state index contributed by atoms with van der Waals surface area (Å²) in [5.41, 5.74) is 0.397. The molecule has 0 bridgehead atoms. The van der Waals surface area contributed by atoms with Crippen molar-refractivity contribution in [2.45, 2.75) is 38.1 Å². The zero-order valence-corrected chi connectivity index (χ0v) is 12.7. The van der Waals surface area contributed by atoms with Crippen molar-refractivity contribution in [2.24, 2.45) is 0 Å². The van der Waals surface area contributed by atoms with E-state index in [9.17, 15) is 13.6 Å². The maximum absolute atomic E-state index is 12.2. The van der Waals surface area contributed by atoms with E-state index in [1.54, 1.807) is 35.6 Å². The molecule has 2 aromatic rings. The van der Waals surface area contributed by atoms with Crippen molar-refractivity contribution in [1.82, 2.24) is 24.8 Å². The quantitative estimate of drug-likeness (QED) is 0.942. The van der Waals surface area contributed by atoms with E-state index in [2.05, 4.69) is 20.3 Å². The molecule has 6 nitrogen and oxygen atoms in total. The molecule has 0 spiro atoms. The number of halogens is 2. The first-order valence-electron chi connectivity index (χ1n) is 7.48. The van der Waals surface area contributed by atoms with Gasteiger partial charge in [0.2, 0.25) is 12.9 Å². The van der Waals surface area contributed by atoms with Crippen LogP contribution in [0.5, 0.6) is 0 Å². The number of rotatable bonds is 3. The monoisotopic (exact) mass is 325 g/mol. The number of nitrogens with one attached hydrogen (secondary N) is 1. The van der Waals surface area contributed by atoms with Gasteiger partial charge >= 0.3 is 0 Å². The number of alkyl halides is 2. The first-order valence-corrected chi connectivity index (χ1v) is 7.48. The zero-order chi connectivity index (χ0) is 16.5. The smallest absolute Gasteiger partial charge is 0.270 e. The second-order valence-corrected chi connectivity index (χ2v) is 5.12. The number of hydrogen-bond acceptors (Lipinski definition) is 4. The summed E-state index contributed by atoms with van der Waals surface area (Å²) in [6, 6.07) is 1.92. The number of carbonyl (C=O) groups is 1. The van der Waals surface area contributed by atoms with Gasteiger partial charge in [-0.25, -0.2) is 23.7 Å². The summed E-state index contributed by atoms with van der Waals surface area (Å²) in [6.07, 6.45) is 12.4. The zero-order valence-electron chi connectivity index (χ0n) is 12.7. The van der Waals surface area contributed by atoms with E-state index >= 15 is 0 Å². The third-order valence-electron chi connectivity index (χ3n) is 3.55. The van der Waals surface area contributed by atoms with Crippen LogP contribution in [0.4, 0.5) is 8.78 Å². The Hall–Kier alpha value is -2.38. The molecule has 8 heteroatoms. The Labute approximate surface area is 134 Å². The average Bonchev–Trinajstić information content (AvgIpc) is 3.11. The van der Waals surface area contributed by atoms with Gasteiger partial charge < -0.3 is 5.32 Å². The Bertz CT molecular complexity index is 606. The fourth-order valence-electron chi connectivity index (χ4n) is 2.48. The molecule has 126 valence electrons. The van der Waals surface area contributed by atoms with E-state index in [-0.39, 0.29) is 13.4 Å². The minimum atomic E-state index is -1.75. The molecule has 0 radical (unpaired) electrons. The van der Waals surface area contributed by atoms with Gasteiger partial charge in [-0.2, -0.15) is 0 Å². The maximum Gasteiger partial charge on any atom is 0.270 e. The van der Waals surface area contributed by atoms with E-state index in [4.69, 9.17) is 0 Å². The van der Waals surface area contributed by atoms with Gasteiger partial charge in [-0.1, -0.05) is 19.3 Å². The van der Waals surface area contributed by atoms with Gasteiger partial charge in [0, 0.05) is 26.1 Å². The average molecular weight is 325 g/mol. The summed E-state index contributed by atoms with van der Waals surface area (Å²) in [5.74, 6) is 0.333. The van der Waals surface area contributed by atoms with Crippen LogP contribution < -0.4 is 5.32 Å². The van der Waals surface area contributed by atoms with Gasteiger partial charge in [0.15, 0.2) is 0 Å². The highest BCUT2D eigenvalue weighted by Gasteiger charge is 2.17. The molecule has 23 heavy (non-hydrogen) atoms. The maximum atomic E-state index is 12.2. The number of aromatic nitrogens is 4. The van der Waals surface area contributed by atoms with Crippen LogP contribution >= 0.6 is 0 Å². The lowest BCUT2D eigenvalue weighted by atomic mass is 9.95. The fraction of sp³-hybridized carbons (Fsp3) is 0.467. The van der Waals surface area contributed by atoms with Gasteiger partial charge in [0.25, 0.3) is 5.91 Å². The largest absolute Gasteiger partial charge is 0.348 e. The molecule has 1 N–H and O–H groups in total. The summed E-state index contributed by atoms with van der Waals surface area (Å²) in [5, 5.41) is 3.05. The molecule has 0 atom stereocenters. The van der Waals surface area contributed by atoms with Crippen molar-refractivity contribution in [3.8, 4) is 5.95 Å². The predicted octanol–water partition coefficient (Wildman–Crippen LogP) is 2.85. The minimum absolute atomic E-state index is 0. The molecule has 1 aliphatic carbocycles. The minimum Gasteiger partial charge on any atom is -0.348 e. The van der Waals surface area contributed by atoms with Crippen molar-refractivity contribution in [2.75, 3.05) is 6.93 Å². The molecule has 0 aliphatic heterocycles. The Kier molecular flexibility index (Phi) is 6.58. The standard InChI is InChI=1S/C14H17N5O.CH2F2.H2/c20-13(17-11-4-2-1-3-5-11)12-6-7-16-14(18-12)19-9-8-15-10-19;2-1-3;/h6-11H,1-5H2,(H,17,20);1H2;1H. The Morgan fingerprint density at radius 3 is 2.70 bits per heavy atom. The normalized spacial score (nSPS) is 14.7. The summed E-state index contributed by atoms with van der Waals surface area (Å²) in [4.78, 5) is 24.6. The summed E-state index contributed by atoms with van der Waals surface area (Å²) >= 11 is 0. The molecule has 1 fully saturated rings. The van der Waals surface area contributed by atoms with Crippen LogP contribution in [0.15, 0.2) is 31.0 Å². The number of imidazole rings is 1. The van der Waals surface area contributed by atoms with Crippen LogP contribution in [0.2, 0.25) is 0 Å². The van der Waals surface area contributed by atoms with Gasteiger partial charge in [-0.05, 0) is 18.9 Å². The molecule has 2 heterocycles. The van der Waals surface area contributed by atoms with Crippen molar-refractivity contribution < 1.29 is 15.0 Å². The third-order valence-corrected chi connectivity index (χ3v) is 3.55. The molecule has 0 saturated heterocycles. The molecule has 2 aromatic heterocycles. The van der Waals surface area contributed by atoms with Crippen molar-refractivity contribution in [3.63, 3.8) is 0 Å². The molecule has 1 amide bonds. The van der Waals surface area contributed by atoms with Crippen LogP contribution in [-0.4, -0.2) is 38.4 Å². The molecule has 0 unspecified atom stereocenters. The van der Waals surface area contributed by atoms with E-state index in [0.29, 0.717) is 11.6 Å². The van der Waals surface area contributed by atoms with Crippen LogP contribution in [0.3, 0.4) is 0 Å². The second-order valence-electron chi connectivity index (χ2n) is 5.12. The summed E-state index contributed by atoms with van der Waals surface area (Å²) in [6.45, 7) is -1.75. The SMILES string of the molecule is FCF.O=C(NC1CCCCC1)c1ccnc(-n2ccnc2)n1.[HH]. The number of hydrogen-bond donors (Lipinski definition) is 1. The molecule has 1 aliphatic rings. The summed E-state index contributed by atoms with van der Waals surface area (Å²) in [7, 11) is 0. The molecular weight excluding hydrogens is 304 g/mol. The molecule has 0 aromatic carbocycles. The summed E-state index contributed by atoms with van der Waals surface area (Å²) < 4.78 is 20.9. The number of nitrogens with zero attached hydrogens (tertiary/aromatic N) is 4. The van der Waals surface area contributed by atoms with E-state index in [0.717, 1.165) is 12.8 Å².